The van der Waals surface area contributed by atoms with Gasteiger partial charge < -0.3 is 4.84 Å². The molecule has 2 heteroatoms. The highest BCUT2D eigenvalue weighted by atomic mass is 16.7. The second-order valence-electron chi connectivity index (χ2n) is 2.56. The predicted molar refractivity (Wildman–Crippen MR) is 45.5 cm³/mol. The van der Waals surface area contributed by atoms with Crippen molar-refractivity contribution in [2.45, 2.75) is 6.54 Å². The van der Waals surface area contributed by atoms with Crippen LogP contribution in [0.5, 0.6) is 0 Å². The molecule has 0 atom stereocenters. The van der Waals surface area contributed by atoms with Crippen LogP contribution in [0.2, 0.25) is 0 Å². The van der Waals surface area contributed by atoms with Crippen molar-refractivity contribution in [1.29, 1.82) is 0 Å². The Balaban J connectivity index is 1.95. The van der Waals surface area contributed by atoms with Crippen molar-refractivity contribution in [2.75, 3.05) is 0 Å². The number of rotatable bonds is 2. The lowest BCUT2D eigenvalue weighted by Gasteiger charge is -2.12. The van der Waals surface area contributed by atoms with E-state index < -0.39 is 0 Å². The number of hydrogen-bond donors (Lipinski definition) is 0. The van der Waals surface area contributed by atoms with Crippen molar-refractivity contribution in [3.63, 3.8) is 0 Å². The first kappa shape index (κ1) is 7.37. The molecule has 2 rings (SSSR count). The van der Waals surface area contributed by atoms with Crippen LogP contribution in [0.25, 0.3) is 0 Å². The van der Waals surface area contributed by atoms with E-state index >= 15 is 0 Å². The molecular formula is C10H9NO. The van der Waals surface area contributed by atoms with Crippen LogP contribution < -0.4 is 0 Å². The van der Waals surface area contributed by atoms with Crippen LogP contribution in [0.3, 0.4) is 0 Å². The second-order valence-corrected chi connectivity index (χ2v) is 2.56. The highest BCUT2D eigenvalue weighted by Crippen LogP contribution is 2.11. The highest BCUT2D eigenvalue weighted by Gasteiger charge is 2.08. The third-order valence-corrected chi connectivity index (χ3v) is 1.64. The summed E-state index contributed by atoms with van der Waals surface area (Å²) < 4.78 is 0. The first-order chi connectivity index (χ1) is 5.95. The molecule has 12 heavy (non-hydrogen) atoms. The summed E-state index contributed by atoms with van der Waals surface area (Å²) >= 11 is 0. The molecule has 1 aliphatic heterocycles. The van der Waals surface area contributed by atoms with E-state index in [4.69, 9.17) is 4.84 Å². The molecule has 60 valence electrons. The molecule has 0 fully saturated rings. The topological polar surface area (TPSA) is 12.5 Å². The van der Waals surface area contributed by atoms with Crippen LogP contribution in [0.15, 0.2) is 42.7 Å². The molecule has 0 spiro atoms. The van der Waals surface area contributed by atoms with Gasteiger partial charge in [0, 0.05) is 0 Å². The fourth-order valence-electron chi connectivity index (χ4n) is 1.08. The zero-order chi connectivity index (χ0) is 8.23. The number of nitrogens with zero attached hydrogens (tertiary/aromatic N) is 1. The van der Waals surface area contributed by atoms with E-state index in [-0.39, 0.29) is 0 Å². The molecule has 0 amide bonds. The van der Waals surface area contributed by atoms with E-state index in [0.29, 0.717) is 0 Å². The summed E-state index contributed by atoms with van der Waals surface area (Å²) in [5, 5.41) is 1.66. The van der Waals surface area contributed by atoms with E-state index in [2.05, 4.69) is 18.7 Å². The summed E-state index contributed by atoms with van der Waals surface area (Å²) in [5.74, 6) is 0. The van der Waals surface area contributed by atoms with E-state index in [1.165, 1.54) is 5.56 Å². The molecule has 0 saturated carbocycles. The SMILES string of the molecule is [C]1C=CON1Cc1ccccc1. The maximum atomic E-state index is 5.10. The van der Waals surface area contributed by atoms with Gasteiger partial charge >= 0.3 is 0 Å². The highest BCUT2D eigenvalue weighted by molar-refractivity contribution is 5.14. The van der Waals surface area contributed by atoms with Crippen molar-refractivity contribution in [3.05, 3.63) is 54.8 Å². The zero-order valence-electron chi connectivity index (χ0n) is 6.60. The molecule has 0 unspecified atom stereocenters. The maximum Gasteiger partial charge on any atom is 0.134 e. The monoisotopic (exact) mass is 159 g/mol. The van der Waals surface area contributed by atoms with Gasteiger partial charge in [0.15, 0.2) is 0 Å². The van der Waals surface area contributed by atoms with E-state index in [9.17, 15) is 0 Å². The molecule has 0 bridgehead atoms. The Morgan fingerprint density at radius 3 is 2.75 bits per heavy atom. The minimum Gasteiger partial charge on any atom is -0.413 e. The standard InChI is InChI=1S/C10H9NO/c1-2-5-10(6-3-1)9-11-7-4-8-12-11/h1-6,8H,9H2. The summed E-state index contributed by atoms with van der Waals surface area (Å²) in [6.45, 7) is 3.68. The van der Waals surface area contributed by atoms with Crippen LogP contribution in [0.4, 0.5) is 0 Å². The van der Waals surface area contributed by atoms with Gasteiger partial charge in [-0.3, -0.25) is 0 Å². The molecule has 0 N–H and O–H groups in total. The predicted octanol–water partition coefficient (Wildman–Crippen LogP) is 1.99. The lowest BCUT2D eigenvalue weighted by molar-refractivity contribution is -0.0628. The van der Waals surface area contributed by atoms with Crippen LogP contribution in [0, 0.1) is 6.54 Å². The van der Waals surface area contributed by atoms with Crippen molar-refractivity contribution in [2.24, 2.45) is 0 Å². The Bertz CT molecular complexity index is 260. The number of hydrogen-bond acceptors (Lipinski definition) is 2. The molecule has 0 saturated heterocycles. The summed E-state index contributed by atoms with van der Waals surface area (Å²) in [5.41, 5.74) is 1.22. The molecule has 1 aromatic carbocycles. The summed E-state index contributed by atoms with van der Waals surface area (Å²) in [7, 11) is 0. The third kappa shape index (κ3) is 1.66. The number of hydroxylamine groups is 2. The van der Waals surface area contributed by atoms with Crippen molar-refractivity contribution >= 4 is 0 Å². The van der Waals surface area contributed by atoms with Crippen molar-refractivity contribution in [1.82, 2.24) is 5.06 Å². The molecule has 0 aliphatic carbocycles. The van der Waals surface area contributed by atoms with Gasteiger partial charge in [-0.1, -0.05) is 30.3 Å². The first-order valence-corrected chi connectivity index (χ1v) is 3.84. The Morgan fingerprint density at radius 1 is 1.25 bits per heavy atom. The average molecular weight is 159 g/mol. The van der Waals surface area contributed by atoms with E-state index in [0.717, 1.165) is 6.54 Å². The molecule has 0 aromatic heterocycles. The van der Waals surface area contributed by atoms with Gasteiger partial charge in [0.05, 0.1) is 6.54 Å². The van der Waals surface area contributed by atoms with Crippen molar-refractivity contribution in [3.8, 4) is 0 Å². The lowest BCUT2D eigenvalue weighted by atomic mass is 10.2. The van der Waals surface area contributed by atoms with Gasteiger partial charge in [0.1, 0.15) is 12.8 Å². The summed E-state index contributed by atoms with van der Waals surface area (Å²) in [4.78, 5) is 5.10. The van der Waals surface area contributed by atoms with Crippen molar-refractivity contribution < 1.29 is 4.84 Å². The molecule has 1 heterocycles. The van der Waals surface area contributed by atoms with Crippen LogP contribution in [-0.4, -0.2) is 5.06 Å². The molecule has 1 aromatic rings. The second kappa shape index (κ2) is 3.41. The Morgan fingerprint density at radius 2 is 2.08 bits per heavy atom. The Kier molecular flexibility index (Phi) is 2.10. The van der Waals surface area contributed by atoms with E-state index in [1.807, 2.05) is 18.2 Å². The van der Waals surface area contributed by atoms with Gasteiger partial charge in [-0.25, -0.2) is 0 Å². The van der Waals surface area contributed by atoms with Gasteiger partial charge in [-0.05, 0) is 11.6 Å². The average Bonchev–Trinajstić information content (AvgIpc) is 2.59. The fraction of sp³-hybridized carbons (Fsp3) is 0.100. The quantitative estimate of drug-likeness (QED) is 0.654. The summed E-state index contributed by atoms with van der Waals surface area (Å²) in [6, 6.07) is 10.1. The fourth-order valence-corrected chi connectivity index (χ4v) is 1.08. The maximum absolute atomic E-state index is 5.10. The first-order valence-electron chi connectivity index (χ1n) is 3.84. The minimum absolute atomic E-state index is 0.744. The minimum atomic E-state index is 0.744. The lowest BCUT2D eigenvalue weighted by Crippen LogP contribution is -2.13. The molecule has 2 nitrogen and oxygen atoms in total. The van der Waals surface area contributed by atoms with Gasteiger partial charge in [0.2, 0.25) is 0 Å². The van der Waals surface area contributed by atoms with Gasteiger partial charge in [-0.15, -0.1) is 5.06 Å². The van der Waals surface area contributed by atoms with Crippen LogP contribution in [-0.2, 0) is 11.4 Å². The number of benzene rings is 1. The Hall–Kier alpha value is -1.28. The molecular weight excluding hydrogens is 150 g/mol. The molecule has 1 aliphatic rings. The zero-order valence-corrected chi connectivity index (χ0v) is 6.60. The largest absolute Gasteiger partial charge is 0.413 e. The summed E-state index contributed by atoms with van der Waals surface area (Å²) in [6.07, 6.45) is 3.37. The van der Waals surface area contributed by atoms with Gasteiger partial charge in [-0.2, -0.15) is 0 Å². The normalized spacial score (nSPS) is 16.3. The smallest absolute Gasteiger partial charge is 0.134 e. The Labute approximate surface area is 72.0 Å². The van der Waals surface area contributed by atoms with E-state index in [1.54, 1.807) is 17.4 Å². The third-order valence-electron chi connectivity index (χ3n) is 1.64. The van der Waals surface area contributed by atoms with Crippen LogP contribution in [0.1, 0.15) is 5.56 Å². The molecule has 2 radical (unpaired) electrons. The van der Waals surface area contributed by atoms with Crippen LogP contribution >= 0.6 is 0 Å². The van der Waals surface area contributed by atoms with Gasteiger partial charge in [0.25, 0.3) is 0 Å².